The van der Waals surface area contributed by atoms with E-state index < -0.39 is 21.1 Å². The van der Waals surface area contributed by atoms with Crippen molar-refractivity contribution in [3.8, 4) is 0 Å². The van der Waals surface area contributed by atoms with Crippen molar-refractivity contribution < 1.29 is 22.5 Å². The van der Waals surface area contributed by atoms with Crippen LogP contribution in [0.25, 0.3) is 0 Å². The maximum absolute atomic E-state index is 13.5. The van der Waals surface area contributed by atoms with Gasteiger partial charge in [-0.15, -0.1) is 11.3 Å². The van der Waals surface area contributed by atoms with Crippen molar-refractivity contribution in [2.24, 2.45) is 0 Å². The third kappa shape index (κ3) is 4.94. The first kappa shape index (κ1) is 25.7. The molecule has 0 fully saturated rings. The summed E-state index contributed by atoms with van der Waals surface area (Å²) in [6.07, 6.45) is 1.18. The molecule has 1 unspecified atom stereocenters. The largest absolute Gasteiger partial charge is 0.337 e. The molecule has 0 saturated carbocycles. The van der Waals surface area contributed by atoms with E-state index in [9.17, 15) is 18.0 Å². The van der Waals surface area contributed by atoms with E-state index in [0.717, 1.165) is 16.9 Å². The number of benzene rings is 1. The number of sulfone groups is 1. The Balaban J connectivity index is 2.01. The summed E-state index contributed by atoms with van der Waals surface area (Å²) in [5, 5.41) is 7.92. The molecule has 180 valence electrons. The van der Waals surface area contributed by atoms with Gasteiger partial charge in [0.05, 0.1) is 10.6 Å². The highest BCUT2D eigenvalue weighted by Gasteiger charge is 2.33. The van der Waals surface area contributed by atoms with E-state index >= 15 is 0 Å². The average Bonchev–Trinajstić information content (AvgIpc) is 3.28. The van der Waals surface area contributed by atoms with Crippen LogP contribution in [-0.4, -0.2) is 30.6 Å². The number of carbonyl (C=O) groups is 2. The summed E-state index contributed by atoms with van der Waals surface area (Å²) in [5.74, 6) is -0.870. The lowest BCUT2D eigenvalue weighted by Gasteiger charge is -2.16. The molecular weight excluding hydrogens is 498 g/mol. The number of nitrogens with zero attached hydrogens (tertiary/aromatic N) is 1. The van der Waals surface area contributed by atoms with Gasteiger partial charge in [-0.1, -0.05) is 35.5 Å². The minimum Gasteiger partial charge on any atom is -0.337 e. The van der Waals surface area contributed by atoms with Crippen LogP contribution in [0.2, 0.25) is 5.02 Å². The fourth-order valence-electron chi connectivity index (χ4n) is 3.55. The summed E-state index contributed by atoms with van der Waals surface area (Å²) in [6, 6.07) is 4.95. The molecule has 1 amide bonds. The van der Waals surface area contributed by atoms with Crippen LogP contribution in [-0.2, 0) is 9.84 Å². The minimum absolute atomic E-state index is 0.0142. The molecule has 0 aliphatic heterocycles. The van der Waals surface area contributed by atoms with Crippen molar-refractivity contribution in [1.82, 2.24) is 5.16 Å². The second kappa shape index (κ2) is 9.73. The van der Waals surface area contributed by atoms with Crippen molar-refractivity contribution in [2.75, 3.05) is 10.6 Å². The number of aryl methyl sites for hydroxylation is 4. The molecule has 1 aromatic carbocycles. The quantitative estimate of drug-likeness (QED) is 0.298. The first-order valence-corrected chi connectivity index (χ1v) is 12.9. The Morgan fingerprint density at radius 3 is 2.44 bits per heavy atom. The predicted octanol–water partition coefficient (Wildman–Crippen LogP) is 5.48. The second-order valence-corrected chi connectivity index (χ2v) is 11.5. The Kier molecular flexibility index (Phi) is 7.35. The van der Waals surface area contributed by atoms with Gasteiger partial charge in [0, 0.05) is 10.4 Å². The number of anilines is 2. The van der Waals surface area contributed by atoms with Crippen molar-refractivity contribution in [1.29, 1.82) is 0 Å². The molecule has 0 bridgehead atoms. The molecule has 3 rings (SSSR count). The van der Waals surface area contributed by atoms with Gasteiger partial charge in [0.15, 0.2) is 11.2 Å². The number of rotatable bonds is 8. The van der Waals surface area contributed by atoms with Gasteiger partial charge in [-0.05, 0) is 57.9 Å². The zero-order chi connectivity index (χ0) is 25.4. The Morgan fingerprint density at radius 2 is 1.88 bits per heavy atom. The summed E-state index contributed by atoms with van der Waals surface area (Å²) >= 11 is 7.14. The maximum Gasteiger partial charge on any atom is 0.267 e. The highest BCUT2D eigenvalue weighted by Crippen LogP contribution is 2.33. The zero-order valence-corrected chi connectivity index (χ0v) is 21.7. The zero-order valence-electron chi connectivity index (χ0n) is 19.3. The summed E-state index contributed by atoms with van der Waals surface area (Å²) in [4.78, 5) is 25.9. The molecule has 11 heteroatoms. The van der Waals surface area contributed by atoms with Gasteiger partial charge < -0.3 is 15.2 Å². The number of ketones is 1. The van der Waals surface area contributed by atoms with Crippen molar-refractivity contribution in [3.05, 3.63) is 68.0 Å². The molecule has 0 aliphatic rings. The molecule has 34 heavy (non-hydrogen) atoms. The molecule has 3 aromatic rings. The molecule has 0 radical (unpaired) electrons. The van der Waals surface area contributed by atoms with E-state index in [2.05, 4.69) is 22.4 Å². The SMILES string of the molecule is C=CC(Nc1onc(C)c1Cl)S(=O)(=O)c1cc(C)sc1C(=O)Nc1cc(C)cc(C)c1C(C)=O. The molecule has 2 heterocycles. The third-order valence-corrected chi connectivity index (χ3v) is 8.56. The standard InChI is InChI=1S/C23H24ClN3O5S2/c1-7-18(26-23-20(24)14(5)27-32-23)34(30,31)17-10-13(4)33-21(17)22(29)25-16-9-11(2)8-12(3)19(16)15(6)28/h7-10,18,26H,1H2,2-6H3,(H,25,29). The van der Waals surface area contributed by atoms with Gasteiger partial charge in [-0.2, -0.15) is 0 Å². The summed E-state index contributed by atoms with van der Waals surface area (Å²) in [7, 11) is -4.14. The molecule has 2 N–H and O–H groups in total. The Bertz CT molecular complexity index is 1410. The normalized spacial score (nSPS) is 12.3. The fraction of sp³-hybridized carbons (Fsp3) is 0.261. The molecule has 0 saturated heterocycles. The van der Waals surface area contributed by atoms with E-state index in [4.69, 9.17) is 16.1 Å². The van der Waals surface area contributed by atoms with E-state index in [1.165, 1.54) is 19.1 Å². The summed E-state index contributed by atoms with van der Waals surface area (Å²) < 4.78 is 32.1. The van der Waals surface area contributed by atoms with Crippen LogP contribution >= 0.6 is 22.9 Å². The van der Waals surface area contributed by atoms with Gasteiger partial charge in [0.2, 0.25) is 15.7 Å². The smallest absolute Gasteiger partial charge is 0.267 e. The average molecular weight is 522 g/mol. The summed E-state index contributed by atoms with van der Waals surface area (Å²) in [6.45, 7) is 11.9. The maximum atomic E-state index is 13.5. The van der Waals surface area contributed by atoms with Gasteiger partial charge in [-0.25, -0.2) is 8.42 Å². The number of aromatic nitrogens is 1. The lowest BCUT2D eigenvalue weighted by atomic mass is 10.00. The molecule has 8 nitrogen and oxygen atoms in total. The molecule has 1 atom stereocenters. The summed E-state index contributed by atoms with van der Waals surface area (Å²) in [5.41, 5.74) is 2.66. The second-order valence-electron chi connectivity index (χ2n) is 7.82. The number of hydrogen-bond acceptors (Lipinski definition) is 8. The van der Waals surface area contributed by atoms with Crippen LogP contribution in [0.1, 0.15) is 48.7 Å². The van der Waals surface area contributed by atoms with Crippen molar-refractivity contribution in [3.63, 3.8) is 0 Å². The van der Waals surface area contributed by atoms with E-state index in [1.54, 1.807) is 26.8 Å². The van der Waals surface area contributed by atoms with Gasteiger partial charge in [0.1, 0.15) is 15.6 Å². The van der Waals surface area contributed by atoms with Gasteiger partial charge >= 0.3 is 0 Å². The monoisotopic (exact) mass is 521 g/mol. The Morgan fingerprint density at radius 1 is 1.21 bits per heavy atom. The number of Topliss-reactive ketones (excluding diaryl/α,β-unsaturated/α-hetero) is 1. The van der Waals surface area contributed by atoms with Crippen LogP contribution < -0.4 is 10.6 Å². The third-order valence-electron chi connectivity index (χ3n) is 5.03. The Hall–Kier alpha value is -2.95. The molecule has 0 aliphatic carbocycles. The number of hydrogen-bond donors (Lipinski definition) is 2. The predicted molar refractivity (Wildman–Crippen MR) is 134 cm³/mol. The number of nitrogens with one attached hydrogen (secondary N) is 2. The van der Waals surface area contributed by atoms with Crippen LogP contribution in [0.3, 0.4) is 0 Å². The molecule has 0 spiro atoms. The first-order valence-electron chi connectivity index (χ1n) is 10.2. The number of carbonyl (C=O) groups excluding carboxylic acids is 2. The van der Waals surface area contributed by atoms with Crippen molar-refractivity contribution in [2.45, 2.75) is 44.9 Å². The van der Waals surface area contributed by atoms with Gasteiger partial charge in [-0.3, -0.25) is 9.59 Å². The first-order chi connectivity index (χ1) is 15.9. The number of amides is 1. The van der Waals surface area contributed by atoms with Crippen molar-refractivity contribution >= 4 is 56.0 Å². The van der Waals surface area contributed by atoms with Crippen LogP contribution in [0.15, 0.2) is 40.3 Å². The van der Waals surface area contributed by atoms with Crippen LogP contribution in [0, 0.1) is 27.7 Å². The van der Waals surface area contributed by atoms with Crippen LogP contribution in [0.5, 0.6) is 0 Å². The Labute approximate surface area is 206 Å². The minimum atomic E-state index is -4.14. The van der Waals surface area contributed by atoms with Crippen LogP contribution in [0.4, 0.5) is 11.6 Å². The highest BCUT2D eigenvalue weighted by molar-refractivity contribution is 7.92. The fourth-order valence-corrected chi connectivity index (χ4v) is 6.51. The van der Waals surface area contributed by atoms with E-state index in [0.29, 0.717) is 27.4 Å². The number of thiophene rings is 1. The highest BCUT2D eigenvalue weighted by atomic mass is 35.5. The number of halogens is 1. The topological polar surface area (TPSA) is 118 Å². The van der Waals surface area contributed by atoms with E-state index in [-0.39, 0.29) is 26.5 Å². The lowest BCUT2D eigenvalue weighted by Crippen LogP contribution is -2.29. The van der Waals surface area contributed by atoms with Gasteiger partial charge in [0.25, 0.3) is 5.91 Å². The lowest BCUT2D eigenvalue weighted by molar-refractivity contribution is 0.101. The molecule has 2 aromatic heterocycles. The molecular formula is C23H24ClN3O5S2. The van der Waals surface area contributed by atoms with E-state index in [1.807, 2.05) is 13.0 Å².